The zero-order valence-electron chi connectivity index (χ0n) is 10.2. The second-order valence-electron chi connectivity index (χ2n) is 4.32. The van der Waals surface area contributed by atoms with Crippen molar-refractivity contribution in [1.82, 2.24) is 9.88 Å². The number of amidine groups is 1. The zero-order valence-corrected chi connectivity index (χ0v) is 11.0. The molecule has 0 atom stereocenters. The number of carbonyl (C=O) groups is 1. The Morgan fingerprint density at radius 2 is 2.44 bits per heavy atom. The van der Waals surface area contributed by atoms with E-state index >= 15 is 0 Å². The fourth-order valence-corrected chi connectivity index (χ4v) is 2.32. The fraction of sp³-hybridized carbons (Fsp3) is 0.545. The summed E-state index contributed by atoms with van der Waals surface area (Å²) in [5.74, 6) is 0.0792. The molecular formula is C11H16N4O2S. The van der Waals surface area contributed by atoms with E-state index in [-0.39, 0.29) is 17.8 Å². The molecule has 1 aromatic heterocycles. The van der Waals surface area contributed by atoms with Crippen LogP contribution < -0.4 is 5.73 Å². The summed E-state index contributed by atoms with van der Waals surface area (Å²) < 4.78 is 0. The van der Waals surface area contributed by atoms with Gasteiger partial charge in [0.25, 0.3) is 5.91 Å². The van der Waals surface area contributed by atoms with Crippen molar-refractivity contribution in [3.8, 4) is 0 Å². The number of hydrogen-bond acceptors (Lipinski definition) is 5. The standard InChI is InChI=1S/C11H16N4O2S/c1-7-13-9(6-18-7)11(16)15(8-2-3-8)5-4-10(12)14-17/h6,8,17H,2-5H2,1H3,(H2,12,14). The topological polar surface area (TPSA) is 91.8 Å². The Kier molecular flexibility index (Phi) is 3.81. The number of oxime groups is 1. The first-order valence-corrected chi connectivity index (χ1v) is 6.69. The van der Waals surface area contributed by atoms with E-state index < -0.39 is 0 Å². The van der Waals surface area contributed by atoms with Crippen LogP contribution in [0.1, 0.15) is 34.8 Å². The Morgan fingerprint density at radius 1 is 1.72 bits per heavy atom. The third-order valence-electron chi connectivity index (χ3n) is 2.82. The smallest absolute Gasteiger partial charge is 0.273 e. The Morgan fingerprint density at radius 3 is 2.94 bits per heavy atom. The molecule has 1 aliphatic carbocycles. The van der Waals surface area contributed by atoms with Gasteiger partial charge in [-0.3, -0.25) is 4.79 Å². The number of carbonyl (C=O) groups excluding carboxylic acids is 1. The van der Waals surface area contributed by atoms with Crippen LogP contribution in [0.2, 0.25) is 0 Å². The lowest BCUT2D eigenvalue weighted by Crippen LogP contribution is -2.36. The van der Waals surface area contributed by atoms with Crippen LogP contribution in [0.15, 0.2) is 10.5 Å². The molecule has 1 aromatic rings. The van der Waals surface area contributed by atoms with Crippen molar-refractivity contribution in [1.29, 1.82) is 0 Å². The largest absolute Gasteiger partial charge is 0.409 e. The highest BCUT2D eigenvalue weighted by Gasteiger charge is 2.33. The Bertz CT molecular complexity index is 467. The van der Waals surface area contributed by atoms with E-state index in [0.717, 1.165) is 17.8 Å². The molecule has 0 saturated heterocycles. The van der Waals surface area contributed by atoms with Crippen LogP contribution in [-0.2, 0) is 0 Å². The SMILES string of the molecule is Cc1nc(C(=O)N(CCC(N)=NO)C2CC2)cs1. The number of aryl methyl sites for hydroxylation is 1. The highest BCUT2D eigenvalue weighted by atomic mass is 32.1. The second kappa shape index (κ2) is 5.34. The molecule has 1 aliphatic rings. The van der Waals surface area contributed by atoms with E-state index in [0.29, 0.717) is 18.7 Å². The first-order valence-electron chi connectivity index (χ1n) is 5.81. The van der Waals surface area contributed by atoms with E-state index in [2.05, 4.69) is 10.1 Å². The Hall–Kier alpha value is -1.63. The summed E-state index contributed by atoms with van der Waals surface area (Å²) in [6.45, 7) is 2.34. The van der Waals surface area contributed by atoms with Gasteiger partial charge in [0.1, 0.15) is 11.5 Å². The van der Waals surface area contributed by atoms with E-state index in [4.69, 9.17) is 10.9 Å². The maximum absolute atomic E-state index is 12.3. The van der Waals surface area contributed by atoms with Crippen molar-refractivity contribution in [3.63, 3.8) is 0 Å². The molecular weight excluding hydrogens is 252 g/mol. The van der Waals surface area contributed by atoms with Gasteiger partial charge in [0.05, 0.1) is 5.01 Å². The monoisotopic (exact) mass is 268 g/mol. The average molecular weight is 268 g/mol. The van der Waals surface area contributed by atoms with Crippen molar-refractivity contribution in [2.45, 2.75) is 32.2 Å². The van der Waals surface area contributed by atoms with Crippen molar-refractivity contribution in [2.24, 2.45) is 10.9 Å². The molecule has 1 saturated carbocycles. The molecule has 0 aliphatic heterocycles. The molecule has 1 heterocycles. The Balaban J connectivity index is 2.03. The predicted molar refractivity (Wildman–Crippen MR) is 68.9 cm³/mol. The van der Waals surface area contributed by atoms with Gasteiger partial charge in [-0.2, -0.15) is 0 Å². The summed E-state index contributed by atoms with van der Waals surface area (Å²) in [5.41, 5.74) is 5.92. The van der Waals surface area contributed by atoms with Crippen LogP contribution in [0.3, 0.4) is 0 Å². The van der Waals surface area contributed by atoms with Gasteiger partial charge >= 0.3 is 0 Å². The van der Waals surface area contributed by atoms with Gasteiger partial charge < -0.3 is 15.8 Å². The number of aromatic nitrogens is 1. The zero-order chi connectivity index (χ0) is 13.1. The fourth-order valence-electron chi connectivity index (χ4n) is 1.73. The third kappa shape index (κ3) is 2.98. The molecule has 0 radical (unpaired) electrons. The number of hydrogen-bond donors (Lipinski definition) is 2. The quantitative estimate of drug-likeness (QED) is 0.363. The van der Waals surface area contributed by atoms with Crippen LogP contribution in [-0.4, -0.2) is 39.4 Å². The van der Waals surface area contributed by atoms with Crippen molar-refractivity contribution >= 4 is 23.1 Å². The van der Waals surface area contributed by atoms with E-state index in [1.807, 2.05) is 6.92 Å². The maximum Gasteiger partial charge on any atom is 0.273 e. The maximum atomic E-state index is 12.3. The minimum atomic E-state index is -0.0624. The lowest BCUT2D eigenvalue weighted by molar-refractivity contribution is 0.0742. The Labute approximate surface area is 109 Å². The van der Waals surface area contributed by atoms with E-state index in [9.17, 15) is 4.79 Å². The van der Waals surface area contributed by atoms with Crippen LogP contribution in [0.25, 0.3) is 0 Å². The third-order valence-corrected chi connectivity index (χ3v) is 3.60. The molecule has 0 unspecified atom stereocenters. The first kappa shape index (κ1) is 12.8. The van der Waals surface area contributed by atoms with Crippen LogP contribution in [0.5, 0.6) is 0 Å². The minimum Gasteiger partial charge on any atom is -0.409 e. The number of amides is 1. The minimum absolute atomic E-state index is 0.0624. The average Bonchev–Trinajstić information content (AvgIpc) is 3.10. The van der Waals surface area contributed by atoms with Crippen molar-refractivity contribution < 1.29 is 10.0 Å². The second-order valence-corrected chi connectivity index (χ2v) is 5.39. The molecule has 0 aromatic carbocycles. The van der Waals surface area contributed by atoms with Gasteiger partial charge in [0.2, 0.25) is 0 Å². The number of thiazole rings is 1. The molecule has 7 heteroatoms. The summed E-state index contributed by atoms with van der Waals surface area (Å²) in [4.78, 5) is 18.2. The van der Waals surface area contributed by atoms with Crippen molar-refractivity contribution in [2.75, 3.05) is 6.54 Å². The summed E-state index contributed by atoms with van der Waals surface area (Å²) >= 11 is 1.46. The molecule has 18 heavy (non-hydrogen) atoms. The first-order chi connectivity index (χ1) is 8.61. The predicted octanol–water partition coefficient (Wildman–Crippen LogP) is 1.19. The van der Waals surface area contributed by atoms with Crippen LogP contribution in [0, 0.1) is 6.92 Å². The van der Waals surface area contributed by atoms with Crippen LogP contribution in [0.4, 0.5) is 0 Å². The lowest BCUT2D eigenvalue weighted by Gasteiger charge is -2.21. The van der Waals surface area contributed by atoms with Gasteiger partial charge in [0, 0.05) is 24.4 Å². The number of nitrogens with two attached hydrogens (primary N) is 1. The lowest BCUT2D eigenvalue weighted by atomic mass is 10.3. The molecule has 1 amide bonds. The van der Waals surface area contributed by atoms with Gasteiger partial charge in [0.15, 0.2) is 0 Å². The summed E-state index contributed by atoms with van der Waals surface area (Å²) in [6, 6.07) is 0.283. The van der Waals surface area contributed by atoms with Gasteiger partial charge in [-0.1, -0.05) is 5.16 Å². The molecule has 1 fully saturated rings. The van der Waals surface area contributed by atoms with E-state index in [1.54, 1.807) is 10.3 Å². The van der Waals surface area contributed by atoms with Gasteiger partial charge in [-0.15, -0.1) is 11.3 Å². The summed E-state index contributed by atoms with van der Waals surface area (Å²) in [7, 11) is 0. The summed E-state index contributed by atoms with van der Waals surface area (Å²) in [5, 5.41) is 14.1. The van der Waals surface area contributed by atoms with Crippen LogP contribution >= 0.6 is 11.3 Å². The van der Waals surface area contributed by atoms with Gasteiger partial charge in [-0.25, -0.2) is 4.98 Å². The molecule has 6 nitrogen and oxygen atoms in total. The molecule has 98 valence electrons. The molecule has 2 rings (SSSR count). The highest BCUT2D eigenvalue weighted by Crippen LogP contribution is 2.28. The highest BCUT2D eigenvalue weighted by molar-refractivity contribution is 7.09. The normalized spacial score (nSPS) is 15.7. The van der Waals surface area contributed by atoms with Gasteiger partial charge in [-0.05, 0) is 19.8 Å². The number of nitrogens with zero attached hydrogens (tertiary/aromatic N) is 3. The molecule has 3 N–H and O–H groups in total. The summed E-state index contributed by atoms with van der Waals surface area (Å²) in [6.07, 6.45) is 2.41. The molecule has 0 spiro atoms. The van der Waals surface area contributed by atoms with Crippen molar-refractivity contribution in [3.05, 3.63) is 16.1 Å². The molecule has 0 bridgehead atoms. The number of rotatable bonds is 5. The van der Waals surface area contributed by atoms with E-state index in [1.165, 1.54) is 11.3 Å².